The summed E-state index contributed by atoms with van der Waals surface area (Å²) < 4.78 is 0. The summed E-state index contributed by atoms with van der Waals surface area (Å²) in [5.74, 6) is 0.749. The normalized spacial score (nSPS) is 23.8. The molecular weight excluding hydrogens is 230 g/mol. The Labute approximate surface area is 118 Å². The number of nitrogens with one attached hydrogen (secondary N) is 1. The Bertz CT molecular complexity index is 366. The predicted molar refractivity (Wildman–Crippen MR) is 83.5 cm³/mol. The highest BCUT2D eigenvalue weighted by molar-refractivity contribution is 5.23. The van der Waals surface area contributed by atoms with Crippen molar-refractivity contribution >= 4 is 0 Å². The second kappa shape index (κ2) is 7.09. The van der Waals surface area contributed by atoms with Crippen molar-refractivity contribution in [1.29, 1.82) is 0 Å². The van der Waals surface area contributed by atoms with Crippen molar-refractivity contribution in [3.8, 4) is 0 Å². The fourth-order valence-corrected chi connectivity index (χ4v) is 3.12. The molecule has 0 saturated carbocycles. The molecule has 19 heavy (non-hydrogen) atoms. The summed E-state index contributed by atoms with van der Waals surface area (Å²) in [6, 6.07) is 10.7. The van der Waals surface area contributed by atoms with Gasteiger partial charge in [0.1, 0.15) is 0 Å². The molecule has 1 heteroatoms. The van der Waals surface area contributed by atoms with E-state index in [1.165, 1.54) is 49.7 Å². The molecule has 0 radical (unpaired) electrons. The van der Waals surface area contributed by atoms with Crippen molar-refractivity contribution in [3.63, 3.8) is 0 Å². The lowest BCUT2D eigenvalue weighted by Crippen LogP contribution is -2.40. The lowest BCUT2D eigenvalue weighted by atomic mass is 9.94. The van der Waals surface area contributed by atoms with Gasteiger partial charge in [-0.05, 0) is 56.1 Å². The van der Waals surface area contributed by atoms with Gasteiger partial charge in [0.15, 0.2) is 0 Å². The van der Waals surface area contributed by atoms with E-state index in [-0.39, 0.29) is 0 Å². The molecule has 2 rings (SSSR count). The quantitative estimate of drug-likeness (QED) is 0.829. The maximum atomic E-state index is 3.72. The van der Waals surface area contributed by atoms with Gasteiger partial charge in [-0.15, -0.1) is 0 Å². The van der Waals surface area contributed by atoms with E-state index >= 15 is 0 Å². The average Bonchev–Trinajstić information content (AvgIpc) is 2.37. The predicted octanol–water partition coefficient (Wildman–Crippen LogP) is 4.35. The molecule has 1 aromatic carbocycles. The Morgan fingerprint density at radius 3 is 2.42 bits per heavy atom. The number of piperidine rings is 1. The van der Waals surface area contributed by atoms with Gasteiger partial charge in [0, 0.05) is 12.1 Å². The Hall–Kier alpha value is -0.820. The molecule has 0 bridgehead atoms. The number of rotatable bonds is 5. The SMILES string of the molecule is CC(C)Cc1ccc(CCC2CCCC(C)N2)cc1. The second-order valence-electron chi connectivity index (χ2n) is 6.65. The van der Waals surface area contributed by atoms with E-state index in [9.17, 15) is 0 Å². The monoisotopic (exact) mass is 259 g/mol. The minimum Gasteiger partial charge on any atom is -0.311 e. The maximum absolute atomic E-state index is 3.72. The van der Waals surface area contributed by atoms with Crippen LogP contribution in [0.2, 0.25) is 0 Å². The van der Waals surface area contributed by atoms with Gasteiger partial charge in [0.05, 0.1) is 0 Å². The molecule has 0 spiro atoms. The van der Waals surface area contributed by atoms with Gasteiger partial charge in [-0.1, -0.05) is 44.5 Å². The minimum atomic E-state index is 0.715. The topological polar surface area (TPSA) is 12.0 Å². The molecule has 1 saturated heterocycles. The number of benzene rings is 1. The van der Waals surface area contributed by atoms with Crippen LogP contribution in [0.4, 0.5) is 0 Å². The average molecular weight is 259 g/mol. The highest BCUT2D eigenvalue weighted by Crippen LogP contribution is 2.17. The number of hydrogen-bond acceptors (Lipinski definition) is 1. The van der Waals surface area contributed by atoms with Crippen molar-refractivity contribution in [3.05, 3.63) is 35.4 Å². The summed E-state index contributed by atoms with van der Waals surface area (Å²) in [6.45, 7) is 6.88. The van der Waals surface area contributed by atoms with Crippen molar-refractivity contribution in [1.82, 2.24) is 5.32 Å². The molecule has 1 fully saturated rings. The third-order valence-corrected chi connectivity index (χ3v) is 4.16. The van der Waals surface area contributed by atoms with Crippen molar-refractivity contribution in [2.45, 2.75) is 71.4 Å². The fourth-order valence-electron chi connectivity index (χ4n) is 3.12. The van der Waals surface area contributed by atoms with Crippen LogP contribution in [-0.2, 0) is 12.8 Å². The third-order valence-electron chi connectivity index (χ3n) is 4.16. The van der Waals surface area contributed by atoms with Crippen molar-refractivity contribution in [2.24, 2.45) is 5.92 Å². The Kier molecular flexibility index (Phi) is 5.45. The van der Waals surface area contributed by atoms with E-state index in [1.54, 1.807) is 0 Å². The highest BCUT2D eigenvalue weighted by atomic mass is 15.0. The van der Waals surface area contributed by atoms with Gasteiger partial charge in [0.2, 0.25) is 0 Å². The van der Waals surface area contributed by atoms with Crippen LogP contribution in [0.15, 0.2) is 24.3 Å². The number of hydrogen-bond donors (Lipinski definition) is 1. The summed E-state index contributed by atoms with van der Waals surface area (Å²) in [5, 5.41) is 3.72. The molecule has 1 nitrogen and oxygen atoms in total. The minimum absolute atomic E-state index is 0.715. The van der Waals surface area contributed by atoms with E-state index in [0.717, 1.165) is 12.0 Å². The van der Waals surface area contributed by atoms with Crippen molar-refractivity contribution < 1.29 is 0 Å². The van der Waals surface area contributed by atoms with Crippen LogP contribution in [0.25, 0.3) is 0 Å². The highest BCUT2D eigenvalue weighted by Gasteiger charge is 2.17. The van der Waals surface area contributed by atoms with Gasteiger partial charge < -0.3 is 5.32 Å². The molecule has 106 valence electrons. The van der Waals surface area contributed by atoms with Gasteiger partial charge in [-0.3, -0.25) is 0 Å². The lowest BCUT2D eigenvalue weighted by Gasteiger charge is -2.28. The molecule has 2 unspecified atom stereocenters. The first kappa shape index (κ1) is 14.6. The third kappa shape index (κ3) is 4.99. The van der Waals surface area contributed by atoms with Gasteiger partial charge >= 0.3 is 0 Å². The molecule has 1 heterocycles. The molecule has 1 aliphatic heterocycles. The van der Waals surface area contributed by atoms with E-state index in [4.69, 9.17) is 0 Å². The summed E-state index contributed by atoms with van der Waals surface area (Å²) in [6.07, 6.45) is 7.80. The summed E-state index contributed by atoms with van der Waals surface area (Å²) in [5.41, 5.74) is 2.97. The van der Waals surface area contributed by atoms with E-state index < -0.39 is 0 Å². The molecule has 2 atom stereocenters. The molecule has 0 aliphatic carbocycles. The molecule has 1 N–H and O–H groups in total. The summed E-state index contributed by atoms with van der Waals surface area (Å²) >= 11 is 0. The molecular formula is C18H29N. The molecule has 0 aromatic heterocycles. The Morgan fingerprint density at radius 2 is 1.79 bits per heavy atom. The lowest BCUT2D eigenvalue weighted by molar-refractivity contribution is 0.322. The molecule has 0 amide bonds. The summed E-state index contributed by atoms with van der Waals surface area (Å²) in [4.78, 5) is 0. The molecule has 1 aromatic rings. The Balaban J connectivity index is 1.79. The van der Waals surface area contributed by atoms with Crippen LogP contribution in [0.1, 0.15) is 57.6 Å². The van der Waals surface area contributed by atoms with Gasteiger partial charge in [-0.2, -0.15) is 0 Å². The zero-order chi connectivity index (χ0) is 13.7. The molecule has 1 aliphatic rings. The van der Waals surface area contributed by atoms with Gasteiger partial charge in [0.25, 0.3) is 0 Å². The first-order chi connectivity index (χ1) is 9.13. The van der Waals surface area contributed by atoms with Crippen molar-refractivity contribution in [2.75, 3.05) is 0 Å². The number of aryl methyl sites for hydroxylation is 1. The largest absolute Gasteiger partial charge is 0.311 e. The van der Waals surface area contributed by atoms with E-state index in [1.807, 2.05) is 0 Å². The zero-order valence-corrected chi connectivity index (χ0v) is 12.8. The Morgan fingerprint density at radius 1 is 1.11 bits per heavy atom. The van der Waals surface area contributed by atoms with E-state index in [2.05, 4.69) is 50.4 Å². The van der Waals surface area contributed by atoms with Crippen LogP contribution >= 0.6 is 0 Å². The van der Waals surface area contributed by atoms with E-state index in [0.29, 0.717) is 6.04 Å². The van der Waals surface area contributed by atoms with Crippen LogP contribution in [-0.4, -0.2) is 12.1 Å². The standard InChI is InChI=1S/C18H29N/c1-14(2)13-17-9-7-16(8-10-17)11-12-18-6-4-5-15(3)19-18/h7-10,14-15,18-19H,4-6,11-13H2,1-3H3. The second-order valence-corrected chi connectivity index (χ2v) is 6.65. The fraction of sp³-hybridized carbons (Fsp3) is 0.667. The first-order valence-electron chi connectivity index (χ1n) is 7.97. The summed E-state index contributed by atoms with van der Waals surface area (Å²) in [7, 11) is 0. The first-order valence-corrected chi connectivity index (χ1v) is 7.97. The van der Waals surface area contributed by atoms with Crippen LogP contribution in [0, 0.1) is 5.92 Å². The maximum Gasteiger partial charge on any atom is 0.00727 e. The zero-order valence-electron chi connectivity index (χ0n) is 12.8. The van der Waals surface area contributed by atoms with Crippen LogP contribution in [0.5, 0.6) is 0 Å². The smallest absolute Gasteiger partial charge is 0.00727 e. The van der Waals surface area contributed by atoms with Crippen LogP contribution < -0.4 is 5.32 Å². The van der Waals surface area contributed by atoms with Gasteiger partial charge in [-0.25, -0.2) is 0 Å². The van der Waals surface area contributed by atoms with Crippen LogP contribution in [0.3, 0.4) is 0 Å².